The minimum absolute atomic E-state index is 0.190. The van der Waals surface area contributed by atoms with Gasteiger partial charge < -0.3 is 16.4 Å². The lowest BCUT2D eigenvalue weighted by Gasteiger charge is -2.36. The molecule has 2 heterocycles. The smallest absolute Gasteiger partial charge is 0.269 e. The third-order valence-electron chi connectivity index (χ3n) is 3.11. The quantitative estimate of drug-likeness (QED) is 0.745. The maximum absolute atomic E-state index is 10.9. The number of anilines is 1. The highest BCUT2D eigenvalue weighted by Gasteiger charge is 2.24. The van der Waals surface area contributed by atoms with Crippen LogP contribution in [0.25, 0.3) is 0 Å². The molecule has 2 atom stereocenters. The highest BCUT2D eigenvalue weighted by atomic mass is 16.1. The summed E-state index contributed by atoms with van der Waals surface area (Å²) in [5.41, 5.74) is 11.2. The van der Waals surface area contributed by atoms with Crippen molar-refractivity contribution in [1.29, 1.82) is 0 Å². The Morgan fingerprint density at radius 1 is 1.47 bits per heavy atom. The zero-order valence-electron chi connectivity index (χ0n) is 9.84. The van der Waals surface area contributed by atoms with Gasteiger partial charge in [-0.25, -0.2) is 0 Å². The summed E-state index contributed by atoms with van der Waals surface area (Å²) in [6.07, 6.45) is 1.89. The third-order valence-corrected chi connectivity index (χ3v) is 3.11. The minimum Gasteiger partial charge on any atom is -0.364 e. The van der Waals surface area contributed by atoms with E-state index in [0.29, 0.717) is 6.04 Å². The van der Waals surface area contributed by atoms with E-state index in [1.165, 1.54) is 0 Å². The van der Waals surface area contributed by atoms with Gasteiger partial charge >= 0.3 is 0 Å². The molecule has 17 heavy (non-hydrogen) atoms. The van der Waals surface area contributed by atoms with Crippen molar-refractivity contribution in [3.05, 3.63) is 17.8 Å². The second-order valence-corrected chi connectivity index (χ2v) is 4.47. The first-order valence-corrected chi connectivity index (χ1v) is 5.73. The highest BCUT2D eigenvalue weighted by molar-refractivity contribution is 5.90. The Balaban J connectivity index is 2.14. The van der Waals surface area contributed by atoms with Crippen LogP contribution in [0.3, 0.4) is 0 Å². The van der Waals surface area contributed by atoms with Crippen LogP contribution in [0.4, 0.5) is 5.82 Å². The van der Waals surface area contributed by atoms with Crippen molar-refractivity contribution in [2.45, 2.75) is 31.8 Å². The van der Waals surface area contributed by atoms with Crippen LogP contribution in [0.5, 0.6) is 0 Å². The summed E-state index contributed by atoms with van der Waals surface area (Å²) in [7, 11) is 0. The zero-order valence-corrected chi connectivity index (χ0v) is 9.84. The molecule has 2 rings (SSSR count). The number of rotatable bonds is 2. The van der Waals surface area contributed by atoms with E-state index in [0.717, 1.165) is 25.2 Å². The molecule has 2 unspecified atom stereocenters. The van der Waals surface area contributed by atoms with E-state index in [1.807, 2.05) is 0 Å². The first kappa shape index (κ1) is 11.8. The lowest BCUT2D eigenvalue weighted by atomic mass is 9.99. The molecule has 4 N–H and O–H groups in total. The van der Waals surface area contributed by atoms with Gasteiger partial charge in [0.2, 0.25) is 0 Å². The number of piperidine rings is 1. The van der Waals surface area contributed by atoms with E-state index >= 15 is 0 Å². The predicted molar refractivity (Wildman–Crippen MR) is 64.6 cm³/mol. The first-order valence-electron chi connectivity index (χ1n) is 5.73. The molecule has 1 aliphatic rings. The van der Waals surface area contributed by atoms with Crippen LogP contribution in [0.1, 0.15) is 30.3 Å². The predicted octanol–water partition coefficient (Wildman–Crippen LogP) is -0.108. The minimum atomic E-state index is -0.558. The molecule has 0 aliphatic carbocycles. The first-order chi connectivity index (χ1) is 8.08. The van der Waals surface area contributed by atoms with E-state index in [2.05, 4.69) is 22.0 Å². The summed E-state index contributed by atoms with van der Waals surface area (Å²) in [6, 6.07) is 3.98. The van der Waals surface area contributed by atoms with Crippen molar-refractivity contribution in [3.63, 3.8) is 0 Å². The van der Waals surface area contributed by atoms with Gasteiger partial charge in [0.05, 0.1) is 0 Å². The monoisotopic (exact) mass is 235 g/mol. The van der Waals surface area contributed by atoms with Gasteiger partial charge in [0, 0.05) is 18.6 Å². The van der Waals surface area contributed by atoms with Crippen LogP contribution < -0.4 is 16.4 Å². The van der Waals surface area contributed by atoms with Crippen LogP contribution in [-0.2, 0) is 0 Å². The van der Waals surface area contributed by atoms with Gasteiger partial charge in [-0.05, 0) is 31.9 Å². The molecule has 0 aromatic carbocycles. The van der Waals surface area contributed by atoms with E-state index in [-0.39, 0.29) is 11.7 Å². The van der Waals surface area contributed by atoms with Gasteiger partial charge in [0.25, 0.3) is 5.91 Å². The molecule has 6 heteroatoms. The van der Waals surface area contributed by atoms with E-state index in [9.17, 15) is 4.79 Å². The van der Waals surface area contributed by atoms with Gasteiger partial charge in [-0.2, -0.15) is 0 Å². The summed E-state index contributed by atoms with van der Waals surface area (Å²) in [4.78, 5) is 13.0. The van der Waals surface area contributed by atoms with E-state index < -0.39 is 5.91 Å². The average Bonchev–Trinajstić information content (AvgIpc) is 2.29. The number of carbonyl (C=O) groups is 1. The normalized spacial score (nSPS) is 24.7. The molecule has 0 saturated carbocycles. The highest BCUT2D eigenvalue weighted by Crippen LogP contribution is 2.21. The lowest BCUT2D eigenvalue weighted by molar-refractivity contribution is 0.0994. The van der Waals surface area contributed by atoms with Gasteiger partial charge in [-0.15, -0.1) is 10.2 Å². The second kappa shape index (κ2) is 4.67. The molecule has 92 valence electrons. The Morgan fingerprint density at radius 3 is 2.76 bits per heavy atom. The zero-order chi connectivity index (χ0) is 12.4. The lowest BCUT2D eigenvalue weighted by Crippen LogP contribution is -2.46. The largest absolute Gasteiger partial charge is 0.364 e. The Labute approximate surface area is 100.0 Å². The number of amides is 1. The molecule has 1 aromatic rings. The molecule has 6 nitrogen and oxygen atoms in total. The summed E-state index contributed by atoms with van der Waals surface area (Å²) < 4.78 is 0. The molecule has 0 radical (unpaired) electrons. The van der Waals surface area contributed by atoms with Crippen molar-refractivity contribution in [3.8, 4) is 0 Å². The number of primary amides is 1. The van der Waals surface area contributed by atoms with Crippen molar-refractivity contribution < 1.29 is 4.79 Å². The van der Waals surface area contributed by atoms with Crippen molar-refractivity contribution in [2.75, 3.05) is 11.4 Å². The molecule has 1 aliphatic heterocycles. The number of nitrogens with zero attached hydrogens (tertiary/aromatic N) is 3. The maximum atomic E-state index is 10.9. The number of aromatic nitrogens is 2. The molecule has 1 fully saturated rings. The Morgan fingerprint density at radius 2 is 2.24 bits per heavy atom. The maximum Gasteiger partial charge on any atom is 0.269 e. The fourth-order valence-electron chi connectivity index (χ4n) is 2.16. The van der Waals surface area contributed by atoms with Crippen LogP contribution in [-0.4, -0.2) is 34.7 Å². The topological polar surface area (TPSA) is 98.1 Å². The van der Waals surface area contributed by atoms with E-state index in [4.69, 9.17) is 11.5 Å². The number of carbonyl (C=O) groups excluding carboxylic acids is 1. The number of hydrogen-bond acceptors (Lipinski definition) is 5. The van der Waals surface area contributed by atoms with Gasteiger partial charge in [0.15, 0.2) is 11.5 Å². The Kier molecular flexibility index (Phi) is 3.23. The van der Waals surface area contributed by atoms with Crippen LogP contribution in [0, 0.1) is 0 Å². The van der Waals surface area contributed by atoms with E-state index in [1.54, 1.807) is 12.1 Å². The molecule has 1 amide bonds. The molecular formula is C11H17N5O. The average molecular weight is 235 g/mol. The molecule has 0 bridgehead atoms. The van der Waals surface area contributed by atoms with Crippen molar-refractivity contribution >= 4 is 11.7 Å². The summed E-state index contributed by atoms with van der Waals surface area (Å²) in [5, 5.41) is 7.84. The Bertz CT molecular complexity index is 405. The molecule has 1 aromatic heterocycles. The standard InChI is InChI=1S/C11H17N5O/c1-7-6-8(12)4-5-16(7)10-3-2-9(11(13)17)14-15-10/h2-3,7-8H,4-6,12H2,1H3,(H2,13,17). The number of nitrogens with two attached hydrogens (primary N) is 2. The van der Waals surface area contributed by atoms with Gasteiger partial charge in [-0.1, -0.05) is 0 Å². The summed E-state index contributed by atoms with van der Waals surface area (Å²) in [6.45, 7) is 2.98. The van der Waals surface area contributed by atoms with Crippen molar-refractivity contribution in [1.82, 2.24) is 10.2 Å². The molecule has 1 saturated heterocycles. The van der Waals surface area contributed by atoms with Gasteiger partial charge in [-0.3, -0.25) is 4.79 Å². The SMILES string of the molecule is CC1CC(N)CCN1c1ccc(C(N)=O)nn1. The summed E-state index contributed by atoms with van der Waals surface area (Å²) >= 11 is 0. The second-order valence-electron chi connectivity index (χ2n) is 4.47. The summed E-state index contributed by atoms with van der Waals surface area (Å²) in [5.74, 6) is 0.215. The van der Waals surface area contributed by atoms with Crippen LogP contribution in [0.2, 0.25) is 0 Å². The van der Waals surface area contributed by atoms with Crippen LogP contribution >= 0.6 is 0 Å². The fourth-order valence-corrected chi connectivity index (χ4v) is 2.16. The molecular weight excluding hydrogens is 218 g/mol. The van der Waals surface area contributed by atoms with Crippen molar-refractivity contribution in [2.24, 2.45) is 11.5 Å². The third kappa shape index (κ3) is 2.52. The van der Waals surface area contributed by atoms with Crippen LogP contribution in [0.15, 0.2) is 12.1 Å². The Hall–Kier alpha value is -1.69. The molecule has 0 spiro atoms. The van der Waals surface area contributed by atoms with Gasteiger partial charge in [0.1, 0.15) is 0 Å². The fraction of sp³-hybridized carbons (Fsp3) is 0.545. The number of hydrogen-bond donors (Lipinski definition) is 2.